The van der Waals surface area contributed by atoms with E-state index in [4.69, 9.17) is 0 Å². The molecule has 41 heavy (non-hydrogen) atoms. The molecule has 0 spiro atoms. The van der Waals surface area contributed by atoms with E-state index < -0.39 is 17.6 Å². The van der Waals surface area contributed by atoms with E-state index in [9.17, 15) is 18.0 Å². The number of rotatable bonds is 6. The van der Waals surface area contributed by atoms with E-state index in [2.05, 4.69) is 30.6 Å². The Morgan fingerprint density at radius 3 is 2.46 bits per heavy atom. The maximum absolute atomic E-state index is 13.6. The molecule has 1 amide bonds. The molecular formula is C28H25ClF3N7O2. The monoisotopic (exact) mass is 583 g/mol. The molecule has 212 valence electrons. The summed E-state index contributed by atoms with van der Waals surface area (Å²) in [5.74, 6) is -0.259. The van der Waals surface area contributed by atoms with Crippen molar-refractivity contribution in [2.45, 2.75) is 20.0 Å². The summed E-state index contributed by atoms with van der Waals surface area (Å²) < 4.78 is 42.3. The number of hydrogen-bond acceptors (Lipinski definition) is 6. The predicted molar refractivity (Wildman–Crippen MR) is 152 cm³/mol. The smallest absolute Gasteiger partial charge is 0.412 e. The lowest BCUT2D eigenvalue weighted by Crippen LogP contribution is -2.14. The molecule has 3 heterocycles. The molecule has 5 aromatic rings. The van der Waals surface area contributed by atoms with Crippen molar-refractivity contribution < 1.29 is 23.4 Å². The number of halogens is 4. The molecule has 0 unspecified atom stereocenters. The highest BCUT2D eigenvalue weighted by atomic mass is 35.5. The fourth-order valence-electron chi connectivity index (χ4n) is 3.87. The number of pyridine rings is 1. The zero-order valence-corrected chi connectivity index (χ0v) is 22.6. The second-order valence-corrected chi connectivity index (χ2v) is 8.80. The molecule has 0 aliphatic rings. The highest BCUT2D eigenvalue weighted by Crippen LogP contribution is 2.33. The molecule has 0 atom stereocenters. The Morgan fingerprint density at radius 1 is 0.976 bits per heavy atom. The molecule has 0 aliphatic carbocycles. The van der Waals surface area contributed by atoms with E-state index in [0.29, 0.717) is 23.0 Å². The molecule has 0 fully saturated rings. The molecular weight excluding hydrogens is 559 g/mol. The Labute approximate surface area is 239 Å². The van der Waals surface area contributed by atoms with Gasteiger partial charge in [-0.25, -0.2) is 15.0 Å². The maximum Gasteiger partial charge on any atom is 0.416 e. The van der Waals surface area contributed by atoms with Crippen LogP contribution in [0, 0.1) is 13.8 Å². The van der Waals surface area contributed by atoms with E-state index in [1.54, 1.807) is 62.0 Å². The number of hydrogen-bond donors (Lipinski definition) is 2. The molecule has 0 aliphatic heterocycles. The van der Waals surface area contributed by atoms with Crippen LogP contribution in [-0.4, -0.2) is 35.9 Å². The Balaban J connectivity index is 0.00000231. The SMILES string of the molecule is Cc1cn(-c2cc(NC(=O)c3ccc(C)c(Nc4nccc(-c5cccnc5)n4)c3)cc(C(F)(F)F)c2)cn1.Cl.O. The van der Waals surface area contributed by atoms with E-state index in [1.165, 1.54) is 17.0 Å². The van der Waals surface area contributed by atoms with Gasteiger partial charge in [0.05, 0.1) is 23.3 Å². The van der Waals surface area contributed by atoms with Crippen LogP contribution >= 0.6 is 12.4 Å². The molecule has 9 nitrogen and oxygen atoms in total. The van der Waals surface area contributed by atoms with Crippen molar-refractivity contribution in [3.8, 4) is 16.9 Å². The summed E-state index contributed by atoms with van der Waals surface area (Å²) in [6.07, 6.45) is 3.38. The van der Waals surface area contributed by atoms with Crippen molar-refractivity contribution in [3.05, 3.63) is 108 Å². The summed E-state index contributed by atoms with van der Waals surface area (Å²) in [6.45, 7) is 3.58. The normalized spacial score (nSPS) is 10.8. The van der Waals surface area contributed by atoms with Crippen molar-refractivity contribution >= 4 is 35.6 Å². The number of carbonyl (C=O) groups is 1. The first-order valence-electron chi connectivity index (χ1n) is 11.8. The minimum Gasteiger partial charge on any atom is -0.412 e. The fraction of sp³-hybridized carbons (Fsp3) is 0.107. The van der Waals surface area contributed by atoms with Crippen LogP contribution in [0.5, 0.6) is 0 Å². The van der Waals surface area contributed by atoms with Crippen LogP contribution in [-0.2, 0) is 6.18 Å². The average Bonchev–Trinajstić information content (AvgIpc) is 3.36. The van der Waals surface area contributed by atoms with Crippen LogP contribution in [0.25, 0.3) is 16.9 Å². The minimum atomic E-state index is -4.60. The van der Waals surface area contributed by atoms with Crippen LogP contribution in [0.1, 0.15) is 27.2 Å². The highest BCUT2D eigenvalue weighted by molar-refractivity contribution is 6.05. The summed E-state index contributed by atoms with van der Waals surface area (Å²) >= 11 is 0. The fourth-order valence-corrected chi connectivity index (χ4v) is 3.87. The van der Waals surface area contributed by atoms with Crippen molar-refractivity contribution in [2.24, 2.45) is 0 Å². The van der Waals surface area contributed by atoms with Gasteiger partial charge in [0.1, 0.15) is 0 Å². The quantitative estimate of drug-likeness (QED) is 0.254. The molecule has 2 aromatic carbocycles. The lowest BCUT2D eigenvalue weighted by Gasteiger charge is -2.14. The first kappa shape index (κ1) is 30.7. The average molecular weight is 584 g/mol. The molecule has 0 saturated heterocycles. The Morgan fingerprint density at radius 2 is 1.78 bits per heavy atom. The predicted octanol–water partition coefficient (Wildman–Crippen LogP) is 5.95. The van der Waals surface area contributed by atoms with Gasteiger partial charge in [0, 0.05) is 53.0 Å². The number of aryl methyl sites for hydroxylation is 2. The second-order valence-electron chi connectivity index (χ2n) is 8.80. The van der Waals surface area contributed by atoms with Crippen molar-refractivity contribution in [1.82, 2.24) is 24.5 Å². The molecule has 4 N–H and O–H groups in total. The highest BCUT2D eigenvalue weighted by Gasteiger charge is 2.31. The summed E-state index contributed by atoms with van der Waals surface area (Å²) in [5, 5.41) is 5.71. The third-order valence-corrected chi connectivity index (χ3v) is 5.87. The number of alkyl halides is 3. The van der Waals surface area contributed by atoms with Crippen LogP contribution in [0.3, 0.4) is 0 Å². The van der Waals surface area contributed by atoms with Crippen molar-refractivity contribution in [1.29, 1.82) is 0 Å². The number of nitrogens with zero attached hydrogens (tertiary/aromatic N) is 5. The molecule has 0 radical (unpaired) electrons. The number of imidazole rings is 1. The maximum atomic E-state index is 13.6. The molecule has 5 rings (SSSR count). The van der Waals surface area contributed by atoms with E-state index >= 15 is 0 Å². The van der Waals surface area contributed by atoms with Crippen LogP contribution in [0.2, 0.25) is 0 Å². The zero-order chi connectivity index (χ0) is 27.6. The Hall–Kier alpha value is -4.81. The van der Waals surface area contributed by atoms with Gasteiger partial charge >= 0.3 is 6.18 Å². The number of amides is 1. The zero-order valence-electron chi connectivity index (χ0n) is 21.8. The van der Waals surface area contributed by atoms with Crippen LogP contribution in [0.4, 0.5) is 30.5 Å². The third kappa shape index (κ3) is 7.24. The first-order chi connectivity index (χ1) is 18.7. The molecule has 3 aromatic heterocycles. The molecule has 0 saturated carbocycles. The van der Waals surface area contributed by atoms with Crippen LogP contribution < -0.4 is 10.6 Å². The van der Waals surface area contributed by atoms with Gasteiger partial charge in [-0.15, -0.1) is 12.4 Å². The lowest BCUT2D eigenvalue weighted by molar-refractivity contribution is -0.137. The standard InChI is InChI=1S/C28H22F3N7O.ClH.H2O/c1-17-5-6-19(10-25(17)37-27-33-9-7-24(36-27)20-4-3-8-32-14-20)26(39)35-22-11-21(28(29,30)31)12-23(13-22)38-15-18(2)34-16-38;;/h3-16H,1-2H3,(H,35,39)(H,33,36,37);1H;1H2. The van der Waals surface area contributed by atoms with E-state index in [0.717, 1.165) is 23.3 Å². The number of benzene rings is 2. The van der Waals surface area contributed by atoms with Gasteiger partial charge in [-0.1, -0.05) is 6.07 Å². The second kappa shape index (κ2) is 12.6. The number of aromatic nitrogens is 5. The van der Waals surface area contributed by atoms with Gasteiger partial charge in [0.2, 0.25) is 5.95 Å². The van der Waals surface area contributed by atoms with Gasteiger partial charge in [-0.2, -0.15) is 13.2 Å². The van der Waals surface area contributed by atoms with Gasteiger partial charge in [0.15, 0.2) is 0 Å². The summed E-state index contributed by atoms with van der Waals surface area (Å²) in [4.78, 5) is 30.1. The summed E-state index contributed by atoms with van der Waals surface area (Å²) in [6, 6.07) is 13.7. The van der Waals surface area contributed by atoms with Crippen molar-refractivity contribution in [3.63, 3.8) is 0 Å². The molecule has 0 bridgehead atoms. The molecule has 13 heteroatoms. The number of nitrogens with one attached hydrogen (secondary N) is 2. The Bertz CT molecular complexity index is 1660. The number of carbonyl (C=O) groups excluding carboxylic acids is 1. The van der Waals surface area contributed by atoms with Crippen LogP contribution in [0.15, 0.2) is 85.7 Å². The van der Waals surface area contributed by atoms with Gasteiger partial charge in [0.25, 0.3) is 5.91 Å². The van der Waals surface area contributed by atoms with Gasteiger partial charge < -0.3 is 20.7 Å². The third-order valence-electron chi connectivity index (χ3n) is 5.87. The first-order valence-corrected chi connectivity index (χ1v) is 11.8. The van der Waals surface area contributed by atoms with Gasteiger partial charge in [-0.05, 0) is 67.9 Å². The van der Waals surface area contributed by atoms with E-state index in [-0.39, 0.29) is 34.8 Å². The van der Waals surface area contributed by atoms with E-state index in [1.807, 2.05) is 13.0 Å². The van der Waals surface area contributed by atoms with Gasteiger partial charge in [-0.3, -0.25) is 9.78 Å². The van der Waals surface area contributed by atoms with Crippen molar-refractivity contribution in [2.75, 3.05) is 10.6 Å². The lowest BCUT2D eigenvalue weighted by atomic mass is 10.1. The summed E-state index contributed by atoms with van der Waals surface area (Å²) in [7, 11) is 0. The number of anilines is 3. The largest absolute Gasteiger partial charge is 0.416 e. The Kier molecular flexibility index (Phi) is 9.43. The minimum absolute atomic E-state index is 0. The topological polar surface area (TPSA) is 129 Å². The summed E-state index contributed by atoms with van der Waals surface area (Å²) in [5.41, 5.74) is 3.09.